The van der Waals surface area contributed by atoms with Gasteiger partial charge in [-0.05, 0) is 24.3 Å². The average Bonchev–Trinajstić information content (AvgIpc) is 2.84. The molecule has 4 rings (SSSR count). The van der Waals surface area contributed by atoms with Gasteiger partial charge >= 0.3 is 0 Å². The molecule has 2 bridgehead atoms. The Bertz CT molecular complexity index is 461. The Morgan fingerprint density at radius 2 is 2.31 bits per heavy atom. The molecule has 0 saturated carbocycles. The topological polar surface area (TPSA) is 49.4 Å². The minimum absolute atomic E-state index is 0.150. The van der Waals surface area contributed by atoms with Crippen molar-refractivity contribution in [1.82, 2.24) is 9.62 Å². The lowest BCUT2D eigenvalue weighted by atomic mass is 9.96. The Labute approximate surface area is 99.3 Å². The lowest BCUT2D eigenvalue weighted by Crippen LogP contribution is -2.62. The minimum atomic E-state index is -3.24. The quantitative estimate of drug-likeness (QED) is 0.856. The Kier molecular flexibility index (Phi) is 2.54. The Morgan fingerprint density at radius 3 is 2.81 bits per heavy atom. The molecule has 0 amide bonds. The number of piperidine rings is 2. The third kappa shape index (κ3) is 1.60. The fourth-order valence-electron chi connectivity index (χ4n) is 2.49. The first kappa shape index (κ1) is 10.7. The summed E-state index contributed by atoms with van der Waals surface area (Å²) in [6.45, 7) is 1.43. The van der Waals surface area contributed by atoms with Crippen molar-refractivity contribution in [3.8, 4) is 0 Å². The van der Waals surface area contributed by atoms with Crippen molar-refractivity contribution in [2.45, 2.75) is 29.1 Å². The molecule has 16 heavy (non-hydrogen) atoms. The van der Waals surface area contributed by atoms with Crippen molar-refractivity contribution in [3.05, 3.63) is 17.5 Å². The molecule has 3 saturated heterocycles. The number of hydrogen-bond donors (Lipinski definition) is 1. The first-order valence-electron chi connectivity index (χ1n) is 5.46. The van der Waals surface area contributed by atoms with E-state index in [1.54, 1.807) is 16.4 Å². The van der Waals surface area contributed by atoms with Crippen LogP contribution in [-0.2, 0) is 10.0 Å². The fraction of sp³-hybridized carbons (Fsp3) is 0.600. The van der Waals surface area contributed by atoms with Crippen molar-refractivity contribution in [1.29, 1.82) is 0 Å². The molecule has 3 aliphatic heterocycles. The second kappa shape index (κ2) is 3.80. The molecule has 6 heteroatoms. The van der Waals surface area contributed by atoms with Crippen LogP contribution in [0.3, 0.4) is 0 Å². The molecule has 1 aromatic heterocycles. The standard InChI is InChI=1S/C10H14N2O2S2/c13-16(14,10-2-1-5-15-10)12-7-8-3-4-9(12)6-11-8/h1-2,5,8-9,11H,3-4,6-7H2. The van der Waals surface area contributed by atoms with Crippen molar-refractivity contribution in [3.63, 3.8) is 0 Å². The minimum Gasteiger partial charge on any atom is -0.311 e. The Morgan fingerprint density at radius 1 is 1.44 bits per heavy atom. The summed E-state index contributed by atoms with van der Waals surface area (Å²) in [5.74, 6) is 0. The molecular weight excluding hydrogens is 244 g/mol. The molecule has 1 aromatic rings. The van der Waals surface area contributed by atoms with Crippen molar-refractivity contribution in [2.24, 2.45) is 0 Å². The Hall–Kier alpha value is -0.430. The van der Waals surface area contributed by atoms with Gasteiger partial charge in [-0.3, -0.25) is 0 Å². The van der Waals surface area contributed by atoms with Gasteiger partial charge in [0, 0.05) is 25.2 Å². The summed E-state index contributed by atoms with van der Waals surface area (Å²) < 4.78 is 26.8. The maximum atomic E-state index is 12.3. The summed E-state index contributed by atoms with van der Waals surface area (Å²) in [5.41, 5.74) is 0. The smallest absolute Gasteiger partial charge is 0.252 e. The van der Waals surface area contributed by atoms with Crippen molar-refractivity contribution in [2.75, 3.05) is 13.1 Å². The predicted molar refractivity (Wildman–Crippen MR) is 63.0 cm³/mol. The highest BCUT2D eigenvalue weighted by atomic mass is 32.2. The van der Waals surface area contributed by atoms with Crippen LogP contribution in [-0.4, -0.2) is 37.9 Å². The van der Waals surface area contributed by atoms with Gasteiger partial charge in [-0.2, -0.15) is 4.31 Å². The highest BCUT2D eigenvalue weighted by Gasteiger charge is 2.40. The van der Waals surface area contributed by atoms with Crippen LogP contribution < -0.4 is 5.32 Å². The molecule has 88 valence electrons. The van der Waals surface area contributed by atoms with Crippen LogP contribution in [0.15, 0.2) is 21.7 Å². The summed E-state index contributed by atoms with van der Waals surface area (Å²) in [7, 11) is -3.24. The number of rotatable bonds is 2. The first-order chi connectivity index (χ1) is 7.68. The summed E-state index contributed by atoms with van der Waals surface area (Å²) in [5, 5.41) is 5.18. The van der Waals surface area contributed by atoms with E-state index in [9.17, 15) is 8.42 Å². The zero-order chi connectivity index (χ0) is 11.2. The molecule has 4 nitrogen and oxygen atoms in total. The van der Waals surface area contributed by atoms with Crippen LogP contribution in [0.2, 0.25) is 0 Å². The second-order valence-electron chi connectivity index (χ2n) is 4.34. The van der Waals surface area contributed by atoms with E-state index < -0.39 is 10.0 Å². The highest BCUT2D eigenvalue weighted by Crippen LogP contribution is 2.30. The lowest BCUT2D eigenvalue weighted by Gasteiger charge is -2.44. The molecule has 3 fully saturated rings. The van der Waals surface area contributed by atoms with Gasteiger partial charge in [0.1, 0.15) is 4.21 Å². The molecule has 2 unspecified atom stereocenters. The number of nitrogens with one attached hydrogen (secondary N) is 1. The van der Waals surface area contributed by atoms with Gasteiger partial charge in [0.25, 0.3) is 10.0 Å². The predicted octanol–water partition coefficient (Wildman–Crippen LogP) is 0.873. The second-order valence-corrected chi connectivity index (χ2v) is 7.41. The molecule has 2 atom stereocenters. The van der Waals surface area contributed by atoms with Gasteiger partial charge in [-0.15, -0.1) is 11.3 Å². The van der Waals surface area contributed by atoms with Crippen LogP contribution in [0.5, 0.6) is 0 Å². The SMILES string of the molecule is O=S(=O)(c1cccs1)N1CC2CCC1CN2. The maximum Gasteiger partial charge on any atom is 0.252 e. The van der Waals surface area contributed by atoms with E-state index in [1.807, 2.05) is 5.38 Å². The number of nitrogens with zero attached hydrogens (tertiary/aromatic N) is 1. The van der Waals surface area contributed by atoms with Crippen molar-refractivity contribution >= 4 is 21.4 Å². The van der Waals surface area contributed by atoms with Crippen LogP contribution in [0.4, 0.5) is 0 Å². The summed E-state index contributed by atoms with van der Waals surface area (Å²) in [6, 6.07) is 3.98. The number of piperazine rings is 1. The maximum absolute atomic E-state index is 12.3. The molecule has 1 N–H and O–H groups in total. The zero-order valence-corrected chi connectivity index (χ0v) is 10.4. The van der Waals surface area contributed by atoms with Gasteiger partial charge in [-0.1, -0.05) is 6.07 Å². The summed E-state index contributed by atoms with van der Waals surface area (Å²) >= 11 is 1.30. The number of fused-ring (bicyclic) bond motifs is 3. The molecule has 3 aliphatic rings. The van der Waals surface area contributed by atoms with Gasteiger partial charge in [0.15, 0.2) is 0 Å². The van der Waals surface area contributed by atoms with Gasteiger partial charge in [0.05, 0.1) is 0 Å². The van der Waals surface area contributed by atoms with E-state index in [-0.39, 0.29) is 6.04 Å². The van der Waals surface area contributed by atoms with Crippen molar-refractivity contribution < 1.29 is 8.42 Å². The van der Waals surface area contributed by atoms with E-state index in [1.165, 1.54) is 11.3 Å². The average molecular weight is 258 g/mol. The highest BCUT2D eigenvalue weighted by molar-refractivity contribution is 7.91. The molecule has 0 spiro atoms. The molecule has 0 radical (unpaired) electrons. The number of thiophene rings is 1. The van der Waals surface area contributed by atoms with Gasteiger partial charge in [0.2, 0.25) is 0 Å². The van der Waals surface area contributed by atoms with E-state index in [4.69, 9.17) is 0 Å². The third-order valence-corrected chi connectivity index (χ3v) is 6.65. The molecule has 4 heterocycles. The van der Waals surface area contributed by atoms with E-state index in [0.717, 1.165) is 19.4 Å². The summed E-state index contributed by atoms with van der Waals surface area (Å²) in [6.07, 6.45) is 2.09. The fourth-order valence-corrected chi connectivity index (χ4v) is 5.31. The Balaban J connectivity index is 1.93. The van der Waals surface area contributed by atoms with Crippen LogP contribution in [0.1, 0.15) is 12.8 Å². The van der Waals surface area contributed by atoms with E-state index >= 15 is 0 Å². The molecular formula is C10H14N2O2S2. The number of sulfonamides is 1. The first-order valence-corrected chi connectivity index (χ1v) is 7.78. The zero-order valence-electron chi connectivity index (χ0n) is 8.80. The normalized spacial score (nSPS) is 30.8. The van der Waals surface area contributed by atoms with E-state index in [2.05, 4.69) is 5.32 Å². The molecule has 0 aliphatic carbocycles. The molecule has 0 aromatic carbocycles. The van der Waals surface area contributed by atoms with Crippen LogP contribution >= 0.6 is 11.3 Å². The van der Waals surface area contributed by atoms with Gasteiger partial charge in [-0.25, -0.2) is 8.42 Å². The third-order valence-electron chi connectivity index (χ3n) is 3.36. The monoisotopic (exact) mass is 258 g/mol. The van der Waals surface area contributed by atoms with E-state index in [0.29, 0.717) is 16.8 Å². The largest absolute Gasteiger partial charge is 0.311 e. The summed E-state index contributed by atoms with van der Waals surface area (Å²) in [4.78, 5) is 0. The number of hydrogen-bond acceptors (Lipinski definition) is 4. The van der Waals surface area contributed by atoms with Crippen LogP contribution in [0, 0.1) is 0 Å². The van der Waals surface area contributed by atoms with Crippen LogP contribution in [0.25, 0.3) is 0 Å². The lowest BCUT2D eigenvalue weighted by molar-refractivity contribution is 0.152. The van der Waals surface area contributed by atoms with Gasteiger partial charge < -0.3 is 5.32 Å².